The number of halogens is 1. The Kier molecular flexibility index (Phi) is 5.61. The van der Waals surface area contributed by atoms with Crippen LogP contribution in [-0.4, -0.2) is 18.0 Å². The number of benzene rings is 2. The van der Waals surface area contributed by atoms with Gasteiger partial charge in [-0.3, -0.25) is 9.78 Å². The fourth-order valence-electron chi connectivity index (χ4n) is 3.04. The number of aromatic nitrogens is 1. The lowest BCUT2D eigenvalue weighted by molar-refractivity contribution is -0.120. The zero-order valence-corrected chi connectivity index (χ0v) is 16.2. The summed E-state index contributed by atoms with van der Waals surface area (Å²) in [6, 6.07) is 13.4. The molecule has 0 aliphatic carbocycles. The van der Waals surface area contributed by atoms with Crippen LogP contribution in [0.2, 0.25) is 0 Å². The van der Waals surface area contributed by atoms with E-state index in [4.69, 9.17) is 13.9 Å². The molecule has 2 heterocycles. The molecule has 0 aliphatic rings. The number of carbonyl (C=O) groups is 1. The van der Waals surface area contributed by atoms with E-state index in [9.17, 15) is 9.18 Å². The number of furan rings is 1. The standard InChI is InChI=1S/C23H19FN2O4/c1-28-17-5-6-19-16(14-29-22(19)11-17)10-23(27)26-12-15-4-7-21(20(24)9-15)30-18-3-2-8-25-13-18/h2-9,11,13-14H,10,12H2,1H3,(H,26,27). The van der Waals surface area contributed by atoms with E-state index in [1.54, 1.807) is 43.8 Å². The molecule has 1 N–H and O–H groups in total. The van der Waals surface area contributed by atoms with Crippen LogP contribution in [0, 0.1) is 5.82 Å². The summed E-state index contributed by atoms with van der Waals surface area (Å²) in [7, 11) is 1.58. The van der Waals surface area contributed by atoms with Crippen molar-refractivity contribution in [2.75, 3.05) is 7.11 Å². The molecule has 7 heteroatoms. The number of hydrogen-bond acceptors (Lipinski definition) is 5. The van der Waals surface area contributed by atoms with Crippen molar-refractivity contribution >= 4 is 16.9 Å². The van der Waals surface area contributed by atoms with Gasteiger partial charge in [0.05, 0.1) is 26.0 Å². The Labute approximate surface area is 172 Å². The normalized spacial score (nSPS) is 10.7. The second-order valence-corrected chi connectivity index (χ2v) is 6.63. The molecule has 4 rings (SSSR count). The molecular weight excluding hydrogens is 387 g/mol. The summed E-state index contributed by atoms with van der Waals surface area (Å²) in [6.45, 7) is 0.201. The Balaban J connectivity index is 1.36. The SMILES string of the molecule is COc1ccc2c(CC(=O)NCc3ccc(Oc4cccnc4)c(F)c3)coc2c1. The molecule has 0 radical (unpaired) electrons. The minimum Gasteiger partial charge on any atom is -0.497 e. The number of pyridine rings is 1. The van der Waals surface area contributed by atoms with Gasteiger partial charge in [0, 0.05) is 29.8 Å². The van der Waals surface area contributed by atoms with Crippen LogP contribution in [0.15, 0.2) is 71.6 Å². The predicted molar refractivity (Wildman–Crippen MR) is 109 cm³/mol. The zero-order valence-electron chi connectivity index (χ0n) is 16.2. The van der Waals surface area contributed by atoms with Crippen LogP contribution in [-0.2, 0) is 17.8 Å². The third kappa shape index (κ3) is 4.41. The van der Waals surface area contributed by atoms with Crippen molar-refractivity contribution in [3.63, 3.8) is 0 Å². The number of fused-ring (bicyclic) bond motifs is 1. The fourth-order valence-corrected chi connectivity index (χ4v) is 3.04. The Bertz CT molecular complexity index is 1170. The highest BCUT2D eigenvalue weighted by Gasteiger charge is 2.12. The molecule has 2 aromatic carbocycles. The lowest BCUT2D eigenvalue weighted by Crippen LogP contribution is -2.24. The van der Waals surface area contributed by atoms with Gasteiger partial charge in [-0.15, -0.1) is 0 Å². The molecule has 2 aromatic heterocycles. The Hall–Kier alpha value is -3.87. The third-order valence-corrected chi connectivity index (χ3v) is 4.56. The zero-order chi connectivity index (χ0) is 20.9. The van der Waals surface area contributed by atoms with Crippen LogP contribution in [0.4, 0.5) is 4.39 Å². The number of amides is 1. The van der Waals surface area contributed by atoms with Crippen LogP contribution in [0.5, 0.6) is 17.2 Å². The second kappa shape index (κ2) is 8.65. The molecule has 4 aromatic rings. The smallest absolute Gasteiger partial charge is 0.224 e. The van der Waals surface area contributed by atoms with Crippen LogP contribution in [0.25, 0.3) is 11.0 Å². The number of nitrogens with zero attached hydrogens (tertiary/aromatic N) is 1. The maximum absolute atomic E-state index is 14.3. The lowest BCUT2D eigenvalue weighted by Gasteiger charge is -2.09. The van der Waals surface area contributed by atoms with Gasteiger partial charge in [0.2, 0.25) is 5.91 Å². The Morgan fingerprint density at radius 1 is 1.17 bits per heavy atom. The molecule has 0 spiro atoms. The number of methoxy groups -OCH3 is 1. The molecule has 0 bridgehead atoms. The van der Waals surface area contributed by atoms with Crippen LogP contribution >= 0.6 is 0 Å². The maximum atomic E-state index is 14.3. The van der Waals surface area contributed by atoms with Gasteiger partial charge in [-0.05, 0) is 42.0 Å². The van der Waals surface area contributed by atoms with Crippen molar-refractivity contribution in [2.45, 2.75) is 13.0 Å². The first-order valence-electron chi connectivity index (χ1n) is 9.29. The molecular formula is C23H19FN2O4. The van der Waals surface area contributed by atoms with E-state index < -0.39 is 5.82 Å². The van der Waals surface area contributed by atoms with Crippen molar-refractivity contribution in [3.05, 3.63) is 84.1 Å². The van der Waals surface area contributed by atoms with Gasteiger partial charge in [-0.1, -0.05) is 6.07 Å². The summed E-state index contributed by atoms with van der Waals surface area (Å²) in [5, 5.41) is 3.65. The molecule has 152 valence electrons. The second-order valence-electron chi connectivity index (χ2n) is 6.63. The number of nitrogens with one attached hydrogen (secondary N) is 1. The highest BCUT2D eigenvalue weighted by molar-refractivity contribution is 5.88. The molecule has 0 fully saturated rings. The van der Waals surface area contributed by atoms with E-state index in [0.29, 0.717) is 22.6 Å². The van der Waals surface area contributed by atoms with Gasteiger partial charge >= 0.3 is 0 Å². The number of ether oxygens (including phenoxy) is 2. The van der Waals surface area contributed by atoms with Gasteiger partial charge in [0.25, 0.3) is 0 Å². The van der Waals surface area contributed by atoms with E-state index in [-0.39, 0.29) is 24.6 Å². The van der Waals surface area contributed by atoms with Crippen molar-refractivity contribution in [1.29, 1.82) is 0 Å². The van der Waals surface area contributed by atoms with Crippen molar-refractivity contribution < 1.29 is 23.1 Å². The molecule has 30 heavy (non-hydrogen) atoms. The third-order valence-electron chi connectivity index (χ3n) is 4.56. The van der Waals surface area contributed by atoms with Crippen molar-refractivity contribution in [2.24, 2.45) is 0 Å². The van der Waals surface area contributed by atoms with Crippen molar-refractivity contribution in [3.8, 4) is 17.2 Å². The number of carbonyl (C=O) groups excluding carboxylic acids is 1. The van der Waals surface area contributed by atoms with E-state index in [1.807, 2.05) is 12.1 Å². The summed E-state index contributed by atoms with van der Waals surface area (Å²) in [4.78, 5) is 16.3. The van der Waals surface area contributed by atoms with Gasteiger partial charge in [-0.2, -0.15) is 0 Å². The topological polar surface area (TPSA) is 73.6 Å². The first-order chi connectivity index (χ1) is 14.6. The van der Waals surface area contributed by atoms with Crippen molar-refractivity contribution in [1.82, 2.24) is 10.3 Å². The summed E-state index contributed by atoms with van der Waals surface area (Å²) in [6.07, 6.45) is 4.83. The quantitative estimate of drug-likeness (QED) is 0.485. The first-order valence-corrected chi connectivity index (χ1v) is 9.29. The summed E-state index contributed by atoms with van der Waals surface area (Å²) >= 11 is 0. The highest BCUT2D eigenvalue weighted by Crippen LogP contribution is 2.26. The minimum atomic E-state index is -0.514. The van der Waals surface area contributed by atoms with E-state index in [2.05, 4.69) is 10.3 Å². The Morgan fingerprint density at radius 2 is 2.07 bits per heavy atom. The van der Waals surface area contributed by atoms with E-state index >= 15 is 0 Å². The molecule has 0 atom stereocenters. The summed E-state index contributed by atoms with van der Waals surface area (Å²) in [5.41, 5.74) is 2.06. The first kappa shape index (κ1) is 19.4. The monoisotopic (exact) mass is 406 g/mol. The Morgan fingerprint density at radius 3 is 2.83 bits per heavy atom. The van der Waals surface area contributed by atoms with Gasteiger partial charge < -0.3 is 19.2 Å². The van der Waals surface area contributed by atoms with Gasteiger partial charge in [-0.25, -0.2) is 4.39 Å². The van der Waals surface area contributed by atoms with Gasteiger partial charge in [0.1, 0.15) is 17.1 Å². The largest absolute Gasteiger partial charge is 0.497 e. The average molecular weight is 406 g/mol. The van der Waals surface area contributed by atoms with Crippen LogP contribution < -0.4 is 14.8 Å². The van der Waals surface area contributed by atoms with Crippen LogP contribution in [0.3, 0.4) is 0 Å². The summed E-state index contributed by atoms with van der Waals surface area (Å²) in [5.74, 6) is 0.525. The van der Waals surface area contributed by atoms with Gasteiger partial charge in [0.15, 0.2) is 11.6 Å². The fraction of sp³-hybridized carbons (Fsp3) is 0.130. The molecule has 0 aliphatic heterocycles. The predicted octanol–water partition coefficient (Wildman–Crippen LogP) is 4.63. The van der Waals surface area contributed by atoms with Crippen LogP contribution in [0.1, 0.15) is 11.1 Å². The van der Waals surface area contributed by atoms with E-state index in [1.165, 1.54) is 18.3 Å². The molecule has 6 nitrogen and oxygen atoms in total. The molecule has 0 unspecified atom stereocenters. The molecule has 0 saturated heterocycles. The number of hydrogen-bond donors (Lipinski definition) is 1. The maximum Gasteiger partial charge on any atom is 0.224 e. The summed E-state index contributed by atoms with van der Waals surface area (Å²) < 4.78 is 30.5. The molecule has 0 saturated carbocycles. The lowest BCUT2D eigenvalue weighted by atomic mass is 10.1. The minimum absolute atomic E-state index is 0.0957. The average Bonchev–Trinajstić information content (AvgIpc) is 3.16. The molecule has 1 amide bonds. The van der Waals surface area contributed by atoms with E-state index in [0.717, 1.165) is 10.9 Å². The highest BCUT2D eigenvalue weighted by atomic mass is 19.1. The number of rotatable bonds is 7.